The number of β-amino-alcohol motifs (C(OH)–C–C–N with tert-alkyl or cyclic N) is 2. The van der Waals surface area contributed by atoms with Crippen LogP contribution in [-0.4, -0.2) is 231 Å². The van der Waals surface area contributed by atoms with Gasteiger partial charge in [-0.05, 0) is 73.4 Å². The van der Waals surface area contributed by atoms with E-state index in [9.17, 15) is 34.5 Å². The van der Waals surface area contributed by atoms with Crippen LogP contribution in [0.3, 0.4) is 0 Å². The molecule has 1 unspecified atom stereocenters. The Hall–Kier alpha value is -7.39. The highest BCUT2D eigenvalue weighted by molar-refractivity contribution is 5.97. The maximum atomic E-state index is 13.4. The van der Waals surface area contributed by atoms with E-state index in [1.165, 1.54) is 6.20 Å². The van der Waals surface area contributed by atoms with E-state index in [1.807, 2.05) is 41.3 Å². The lowest BCUT2D eigenvalue weighted by molar-refractivity contribution is -0.193. The number of hydrogen-bond acceptors (Lipinski definition) is 21. The Kier molecular flexibility index (Phi) is 32.9. The van der Waals surface area contributed by atoms with Crippen LogP contribution >= 0.6 is 0 Å². The number of aliphatic carboxylic acids is 1. The van der Waals surface area contributed by atoms with Crippen molar-refractivity contribution in [1.29, 1.82) is 0 Å². The van der Waals surface area contributed by atoms with Gasteiger partial charge in [-0.1, -0.05) is 54.6 Å². The van der Waals surface area contributed by atoms with E-state index in [-0.39, 0.29) is 43.4 Å². The zero-order chi connectivity index (χ0) is 60.9. The van der Waals surface area contributed by atoms with Gasteiger partial charge in [0.05, 0.1) is 38.5 Å². The fourth-order valence-electron chi connectivity index (χ4n) is 8.76. The van der Waals surface area contributed by atoms with Crippen LogP contribution in [-0.2, 0) is 69.7 Å². The number of nitrogens with zero attached hydrogens (tertiary/aromatic N) is 6. The summed E-state index contributed by atoms with van der Waals surface area (Å²) in [5.41, 5.74) is 5.19. The normalized spacial score (nSPS) is 14.1. The van der Waals surface area contributed by atoms with Crippen LogP contribution in [0.1, 0.15) is 39.9 Å². The lowest BCUT2D eigenvalue weighted by Crippen LogP contribution is -2.48. The predicted octanol–water partition coefficient (Wildman–Crippen LogP) is 0.174. The molecule has 0 spiro atoms. The number of carboxylic acids is 1. The monoisotopic (exact) mass is 1170 g/mol. The lowest BCUT2D eigenvalue weighted by atomic mass is 10.0. The molecule has 458 valence electrons. The maximum Gasteiger partial charge on any atom is 0.373 e. The van der Waals surface area contributed by atoms with Gasteiger partial charge in [-0.15, -0.1) is 0 Å². The van der Waals surface area contributed by atoms with E-state index >= 15 is 0 Å². The number of hydrogen-bond donors (Lipinski definition) is 9. The summed E-state index contributed by atoms with van der Waals surface area (Å²) in [6.45, 7) is 12.5. The molecule has 26 heteroatoms. The Morgan fingerprint density at radius 3 is 1.80 bits per heavy atom. The van der Waals surface area contributed by atoms with Gasteiger partial charge in [-0.25, -0.2) is 4.98 Å². The lowest BCUT2D eigenvalue weighted by Gasteiger charge is -2.32. The molecular weight excluding hydrogens is 1090 g/mol. The zero-order valence-electron chi connectivity index (χ0n) is 48.2. The quantitative estimate of drug-likeness (QED) is 0.0211. The molecule has 0 bridgehead atoms. The van der Waals surface area contributed by atoms with Gasteiger partial charge in [0.25, 0.3) is 5.91 Å². The molecule has 6 rings (SSSR count). The van der Waals surface area contributed by atoms with Crippen LogP contribution in [0.2, 0.25) is 0 Å². The van der Waals surface area contributed by atoms with Crippen molar-refractivity contribution in [2.45, 2.75) is 44.8 Å². The number of aliphatic hydroxyl groups excluding tert-OH is 1. The highest BCUT2D eigenvalue weighted by Crippen LogP contribution is 2.21. The molecule has 1 fully saturated rings. The summed E-state index contributed by atoms with van der Waals surface area (Å²) in [4.78, 5) is 99.9. The number of anilines is 1. The predicted molar refractivity (Wildman–Crippen MR) is 310 cm³/mol. The number of aromatic nitrogens is 3. The first kappa shape index (κ1) is 69.1. The highest BCUT2D eigenvalue weighted by Gasteiger charge is 2.22. The number of imidazole rings is 1. The highest BCUT2D eigenvalue weighted by atomic mass is 16.5. The van der Waals surface area contributed by atoms with Crippen LogP contribution in [0.15, 0.2) is 90.1 Å². The van der Waals surface area contributed by atoms with E-state index in [0.717, 1.165) is 86.6 Å². The number of aliphatic hydroxyl groups is 2. The number of benzene rings is 3. The van der Waals surface area contributed by atoms with Crippen LogP contribution in [0.5, 0.6) is 0 Å². The van der Waals surface area contributed by atoms with Crippen LogP contribution in [0.4, 0.5) is 5.95 Å². The van der Waals surface area contributed by atoms with Crippen molar-refractivity contribution < 1.29 is 63.1 Å². The first-order valence-electron chi connectivity index (χ1n) is 27.8. The van der Waals surface area contributed by atoms with E-state index in [0.29, 0.717) is 95.6 Å². The molecular formula is C58H82N12O14. The summed E-state index contributed by atoms with van der Waals surface area (Å²) in [7, 11) is 5.94. The Labute approximate surface area is 488 Å². The van der Waals surface area contributed by atoms with Crippen LogP contribution in [0.25, 0.3) is 22.0 Å². The van der Waals surface area contributed by atoms with E-state index in [2.05, 4.69) is 89.6 Å². The first-order valence-corrected chi connectivity index (χ1v) is 27.8. The van der Waals surface area contributed by atoms with Crippen molar-refractivity contribution in [1.82, 2.24) is 55.4 Å². The number of ether oxygens (including phenoxy) is 3. The number of carboxylic acid groups (broad SMARTS) is 1. The second-order valence-corrected chi connectivity index (χ2v) is 19.9. The number of carbonyl (C=O) groups excluding carboxylic acids is 6. The number of nitrogens with one attached hydrogen (secondary N) is 6. The van der Waals surface area contributed by atoms with Gasteiger partial charge in [-0.2, -0.15) is 19.2 Å². The molecule has 0 radical (unpaired) electrons. The molecule has 26 nitrogen and oxygen atoms in total. The fraction of sp³-hybridized carbons (Fsp3) is 0.500. The smallest absolute Gasteiger partial charge is 0.373 e. The largest absolute Gasteiger partial charge is 0.480 e. The summed E-state index contributed by atoms with van der Waals surface area (Å²) in [5, 5.41) is 44.8. The number of H-pyrrole nitrogens is 1. The Bertz CT molecular complexity index is 2820. The minimum absolute atomic E-state index is 0.0285. The van der Waals surface area contributed by atoms with Crippen molar-refractivity contribution in [2.24, 2.45) is 7.05 Å². The van der Waals surface area contributed by atoms with Crippen LogP contribution in [0, 0.1) is 0 Å². The molecule has 0 saturated carbocycles. The number of fused-ring (bicyclic) bond motifs is 1. The number of pyridine rings is 1. The third-order valence-corrected chi connectivity index (χ3v) is 13.5. The number of carbonyl (C=O) groups is 3. The topological polar surface area (TPSA) is 332 Å². The van der Waals surface area contributed by atoms with Gasteiger partial charge in [0.15, 0.2) is 12.2 Å². The van der Waals surface area contributed by atoms with Crippen LogP contribution < -0.4 is 32.0 Å². The first-order chi connectivity index (χ1) is 40.6. The zero-order valence-corrected chi connectivity index (χ0v) is 48.2. The number of aryl methyl sites for hydroxylation is 1. The minimum Gasteiger partial charge on any atom is -0.480 e. The van der Waals surface area contributed by atoms with Crippen molar-refractivity contribution in [2.75, 3.05) is 144 Å². The summed E-state index contributed by atoms with van der Waals surface area (Å²) >= 11 is 0. The maximum absolute atomic E-state index is 13.4. The van der Waals surface area contributed by atoms with Gasteiger partial charge in [0, 0.05) is 136 Å². The minimum atomic E-state index is -1.39. The SMILES string of the molecule is CN1CCN(C)CCN(CC(O)O)CCN(CC(=O)NCCCOCCOCCOCCCNCc2ccc(-c3ccc(CNC(CNC(=O)c4cn(C)c5cc(CNc6ncc[nH]6)ccc5c4=O)C(=O)O)cc3)cc2)CC1.O=C=O.O=C=O. The van der Waals surface area contributed by atoms with Gasteiger partial charge < -0.3 is 70.1 Å². The molecule has 2 aromatic heterocycles. The molecule has 9 N–H and O–H groups in total. The number of amides is 2. The second kappa shape index (κ2) is 40.0. The van der Waals surface area contributed by atoms with Gasteiger partial charge in [0.1, 0.15) is 11.6 Å². The van der Waals surface area contributed by atoms with Crippen molar-refractivity contribution in [3.63, 3.8) is 0 Å². The molecule has 1 atom stereocenters. The van der Waals surface area contributed by atoms with Gasteiger partial charge >= 0.3 is 18.3 Å². The van der Waals surface area contributed by atoms with Crippen molar-refractivity contribution >= 4 is 46.9 Å². The Morgan fingerprint density at radius 2 is 1.21 bits per heavy atom. The third kappa shape index (κ3) is 26.9. The van der Waals surface area contributed by atoms with E-state index in [1.54, 1.807) is 30.1 Å². The number of rotatable bonds is 31. The average molecular weight is 1170 g/mol. The van der Waals surface area contributed by atoms with E-state index < -0.39 is 29.6 Å². The third-order valence-electron chi connectivity index (χ3n) is 13.5. The standard InChI is InChI=1S/C56H82N12O10.2CO2/c1-64-20-21-65(2)23-25-68(41-52(70)71)27-26-67(24-22-64)40-51(69)58-17-5-29-77-31-33-78-32-30-76-28-4-16-57-35-42-6-11-45(12-7-42)46-13-8-43(9-14-46)36-61-49(55(74)75)38-62-54(73)48-39-66(3)50-34-44(10-15-47(50)53(48)72)37-63-56-59-18-19-60-56;2*2-1-3/h6-15,18-19,34,39,49,52,57,61,70-71H,4-5,16-17,20-33,35-38,40-41H2,1-3H3,(H,58,69)(H,62,73)(H,74,75)(H2,59,60,63);;. The van der Waals surface area contributed by atoms with Gasteiger partial charge in [-0.3, -0.25) is 34.3 Å². The summed E-state index contributed by atoms with van der Waals surface area (Å²) in [6, 6.07) is 20.5. The van der Waals surface area contributed by atoms with E-state index in [4.69, 9.17) is 33.4 Å². The number of likely N-dealkylation sites (N-methyl/N-ethyl adjacent to an activating group) is 2. The molecule has 0 aliphatic carbocycles. The average Bonchev–Trinajstić information content (AvgIpc) is 2.50. The van der Waals surface area contributed by atoms with Gasteiger partial charge in [0.2, 0.25) is 11.3 Å². The molecule has 3 aromatic carbocycles. The molecule has 5 aromatic rings. The second-order valence-electron chi connectivity index (χ2n) is 19.9. The molecule has 3 heterocycles. The molecule has 1 aliphatic heterocycles. The fourth-order valence-corrected chi connectivity index (χ4v) is 8.76. The summed E-state index contributed by atoms with van der Waals surface area (Å²) in [6.07, 6.45) is 5.51. The summed E-state index contributed by atoms with van der Waals surface area (Å²) in [5.74, 6) is -1.17. The summed E-state index contributed by atoms with van der Waals surface area (Å²) < 4.78 is 18.8. The molecule has 2 amide bonds. The van der Waals surface area contributed by atoms with Crippen molar-refractivity contribution in [3.8, 4) is 11.1 Å². The number of aromatic amines is 1. The van der Waals surface area contributed by atoms with Crippen molar-refractivity contribution in [3.05, 3.63) is 118 Å². The molecule has 1 saturated heterocycles. The molecule has 1 aliphatic rings. The Balaban J connectivity index is 0.00000242. The molecule has 84 heavy (non-hydrogen) atoms. The Morgan fingerprint density at radius 1 is 0.679 bits per heavy atom.